The van der Waals surface area contributed by atoms with E-state index in [1.165, 1.54) is 0 Å². The first kappa shape index (κ1) is 19.4. The Hall–Kier alpha value is -3.37. The number of ether oxygens (including phenoxy) is 1. The van der Waals surface area contributed by atoms with Crippen molar-refractivity contribution in [1.29, 1.82) is 0 Å². The van der Waals surface area contributed by atoms with Gasteiger partial charge in [-0.25, -0.2) is 0 Å². The molecule has 4 rings (SSSR count). The molecule has 0 saturated carbocycles. The Kier molecular flexibility index (Phi) is 5.62. The maximum Gasteiger partial charge on any atom is 0.258 e. The van der Waals surface area contributed by atoms with Crippen LogP contribution in [0, 0.1) is 0 Å². The first-order valence-corrected chi connectivity index (χ1v) is 9.08. The van der Waals surface area contributed by atoms with Crippen LogP contribution in [-0.4, -0.2) is 25.0 Å². The molecule has 0 aliphatic rings. The standard InChI is InChI=1S/C24H21NO2.H2O/c1-3-25(23-10-6-8-17-7-4-5-9-22(17)23)24(26)20-12-11-19-16-21(27-2)14-13-18(19)15-20;/h4-16H,3H2,1-2H3;1H2. The summed E-state index contributed by atoms with van der Waals surface area (Å²) in [6.07, 6.45) is 0. The summed E-state index contributed by atoms with van der Waals surface area (Å²) in [6, 6.07) is 25.9. The van der Waals surface area contributed by atoms with E-state index < -0.39 is 0 Å². The fourth-order valence-electron chi connectivity index (χ4n) is 3.51. The van der Waals surface area contributed by atoms with Crippen LogP contribution in [0.2, 0.25) is 0 Å². The number of methoxy groups -OCH3 is 1. The second-order valence-electron chi connectivity index (χ2n) is 6.48. The van der Waals surface area contributed by atoms with Crippen LogP contribution in [0.1, 0.15) is 17.3 Å². The predicted octanol–water partition coefficient (Wildman–Crippen LogP) is 4.84. The van der Waals surface area contributed by atoms with E-state index in [9.17, 15) is 4.79 Å². The minimum absolute atomic E-state index is 0. The van der Waals surface area contributed by atoms with E-state index in [-0.39, 0.29) is 11.4 Å². The molecule has 4 aromatic rings. The molecule has 0 atom stereocenters. The molecule has 2 N–H and O–H groups in total. The molecule has 0 spiro atoms. The van der Waals surface area contributed by atoms with E-state index in [0.29, 0.717) is 12.1 Å². The van der Waals surface area contributed by atoms with Gasteiger partial charge in [-0.15, -0.1) is 0 Å². The SMILES string of the molecule is CCN(C(=O)c1ccc2cc(OC)ccc2c1)c1cccc2ccccc12.O. The highest BCUT2D eigenvalue weighted by Crippen LogP contribution is 2.29. The zero-order valence-electron chi connectivity index (χ0n) is 16.0. The third-order valence-electron chi connectivity index (χ3n) is 4.91. The van der Waals surface area contributed by atoms with Gasteiger partial charge < -0.3 is 15.1 Å². The Bertz CT molecular complexity index is 1130. The van der Waals surface area contributed by atoms with Gasteiger partial charge in [0.15, 0.2) is 0 Å². The second-order valence-corrected chi connectivity index (χ2v) is 6.48. The number of hydrogen-bond acceptors (Lipinski definition) is 2. The molecule has 0 saturated heterocycles. The molecular weight excluding hydrogens is 350 g/mol. The zero-order chi connectivity index (χ0) is 18.8. The summed E-state index contributed by atoms with van der Waals surface area (Å²) in [5.41, 5.74) is 1.62. The van der Waals surface area contributed by atoms with E-state index in [0.717, 1.165) is 33.0 Å². The maximum absolute atomic E-state index is 13.3. The van der Waals surface area contributed by atoms with Crippen LogP contribution < -0.4 is 9.64 Å². The van der Waals surface area contributed by atoms with Crippen molar-refractivity contribution >= 4 is 33.1 Å². The summed E-state index contributed by atoms with van der Waals surface area (Å²) < 4.78 is 5.28. The highest BCUT2D eigenvalue weighted by atomic mass is 16.5. The molecule has 0 aromatic heterocycles. The van der Waals surface area contributed by atoms with Gasteiger partial charge in [0.2, 0.25) is 0 Å². The van der Waals surface area contributed by atoms with Crippen molar-refractivity contribution in [3.05, 3.63) is 84.4 Å². The van der Waals surface area contributed by atoms with Crippen molar-refractivity contribution in [2.24, 2.45) is 0 Å². The minimum atomic E-state index is 0. The molecule has 4 heteroatoms. The Morgan fingerprint density at radius 2 is 1.57 bits per heavy atom. The molecule has 0 aliphatic heterocycles. The Morgan fingerprint density at radius 1 is 0.857 bits per heavy atom. The number of rotatable bonds is 4. The van der Waals surface area contributed by atoms with Gasteiger partial charge in [-0.05, 0) is 53.4 Å². The maximum atomic E-state index is 13.3. The van der Waals surface area contributed by atoms with Crippen LogP contribution in [0.15, 0.2) is 78.9 Å². The lowest BCUT2D eigenvalue weighted by Crippen LogP contribution is -2.30. The van der Waals surface area contributed by atoms with Gasteiger partial charge in [0.05, 0.1) is 12.8 Å². The van der Waals surface area contributed by atoms with Crippen molar-refractivity contribution in [2.75, 3.05) is 18.6 Å². The van der Waals surface area contributed by atoms with Gasteiger partial charge >= 0.3 is 0 Å². The average molecular weight is 373 g/mol. The van der Waals surface area contributed by atoms with E-state index in [1.54, 1.807) is 7.11 Å². The van der Waals surface area contributed by atoms with Gasteiger partial charge in [-0.2, -0.15) is 0 Å². The summed E-state index contributed by atoms with van der Waals surface area (Å²) in [7, 11) is 1.66. The topological polar surface area (TPSA) is 61.0 Å². The normalized spacial score (nSPS) is 10.5. The number of amides is 1. The molecule has 0 heterocycles. The number of hydrogen-bond donors (Lipinski definition) is 0. The largest absolute Gasteiger partial charge is 0.497 e. The number of fused-ring (bicyclic) bond motifs is 2. The smallest absolute Gasteiger partial charge is 0.258 e. The predicted molar refractivity (Wildman–Crippen MR) is 115 cm³/mol. The molecule has 4 nitrogen and oxygen atoms in total. The number of nitrogens with zero attached hydrogens (tertiary/aromatic N) is 1. The van der Waals surface area contributed by atoms with E-state index >= 15 is 0 Å². The van der Waals surface area contributed by atoms with Crippen LogP contribution in [-0.2, 0) is 0 Å². The van der Waals surface area contributed by atoms with Crippen LogP contribution in [0.4, 0.5) is 5.69 Å². The number of carbonyl (C=O) groups is 1. The first-order chi connectivity index (χ1) is 13.2. The van der Waals surface area contributed by atoms with Crippen molar-refractivity contribution in [3.63, 3.8) is 0 Å². The molecule has 0 radical (unpaired) electrons. The van der Waals surface area contributed by atoms with Crippen LogP contribution >= 0.6 is 0 Å². The number of carbonyl (C=O) groups excluding carboxylic acids is 1. The van der Waals surface area contributed by atoms with Crippen molar-refractivity contribution in [3.8, 4) is 5.75 Å². The molecule has 0 bridgehead atoms. The zero-order valence-corrected chi connectivity index (χ0v) is 16.0. The van der Waals surface area contributed by atoms with Gasteiger partial charge in [-0.3, -0.25) is 4.79 Å². The van der Waals surface area contributed by atoms with Gasteiger partial charge in [0, 0.05) is 17.5 Å². The highest BCUT2D eigenvalue weighted by molar-refractivity contribution is 6.12. The Balaban J connectivity index is 0.00000225. The minimum Gasteiger partial charge on any atom is -0.497 e. The number of benzene rings is 4. The van der Waals surface area contributed by atoms with E-state index in [4.69, 9.17) is 4.74 Å². The molecule has 0 aliphatic carbocycles. The van der Waals surface area contributed by atoms with Crippen molar-refractivity contribution in [1.82, 2.24) is 0 Å². The van der Waals surface area contributed by atoms with E-state index in [1.807, 2.05) is 72.5 Å². The highest BCUT2D eigenvalue weighted by Gasteiger charge is 2.18. The lowest BCUT2D eigenvalue weighted by Gasteiger charge is -2.23. The Labute approximate surface area is 164 Å². The summed E-state index contributed by atoms with van der Waals surface area (Å²) in [4.78, 5) is 15.1. The average Bonchev–Trinajstić information content (AvgIpc) is 2.73. The van der Waals surface area contributed by atoms with Crippen LogP contribution in [0.25, 0.3) is 21.5 Å². The lowest BCUT2D eigenvalue weighted by molar-refractivity contribution is 0.0988. The lowest BCUT2D eigenvalue weighted by atomic mass is 10.0. The third kappa shape index (κ3) is 3.42. The monoisotopic (exact) mass is 373 g/mol. The van der Waals surface area contributed by atoms with Crippen LogP contribution in [0.3, 0.4) is 0 Å². The van der Waals surface area contributed by atoms with Gasteiger partial charge in [0.1, 0.15) is 5.75 Å². The fraction of sp³-hybridized carbons (Fsp3) is 0.125. The second kappa shape index (κ2) is 8.11. The molecule has 0 fully saturated rings. The Morgan fingerprint density at radius 3 is 2.36 bits per heavy atom. The van der Waals surface area contributed by atoms with Crippen molar-refractivity contribution < 1.29 is 15.0 Å². The third-order valence-corrected chi connectivity index (χ3v) is 4.91. The van der Waals surface area contributed by atoms with Gasteiger partial charge in [-0.1, -0.05) is 48.5 Å². The molecule has 142 valence electrons. The summed E-state index contributed by atoms with van der Waals surface area (Å²) in [5, 5.41) is 4.29. The molecule has 4 aromatic carbocycles. The van der Waals surface area contributed by atoms with Gasteiger partial charge in [0.25, 0.3) is 5.91 Å². The van der Waals surface area contributed by atoms with Crippen LogP contribution in [0.5, 0.6) is 5.75 Å². The molecular formula is C24H23NO3. The molecule has 0 unspecified atom stereocenters. The summed E-state index contributed by atoms with van der Waals surface area (Å²) >= 11 is 0. The van der Waals surface area contributed by atoms with E-state index in [2.05, 4.69) is 18.2 Å². The fourth-order valence-corrected chi connectivity index (χ4v) is 3.51. The number of anilines is 1. The quantitative estimate of drug-likeness (QED) is 0.514. The van der Waals surface area contributed by atoms with Crippen molar-refractivity contribution in [2.45, 2.75) is 6.92 Å². The first-order valence-electron chi connectivity index (χ1n) is 9.08. The summed E-state index contributed by atoms with van der Waals surface area (Å²) in [6.45, 7) is 2.61. The molecule has 1 amide bonds. The summed E-state index contributed by atoms with van der Waals surface area (Å²) in [5.74, 6) is 0.819. The molecule has 28 heavy (non-hydrogen) atoms.